The summed E-state index contributed by atoms with van der Waals surface area (Å²) >= 11 is 6.96. The molecule has 15 nitrogen and oxygen atoms in total. The van der Waals surface area contributed by atoms with Crippen LogP contribution in [0.15, 0.2) is 92.6 Å². The molecule has 0 aromatic heterocycles. The maximum atomic E-state index is 12.0. The van der Waals surface area contributed by atoms with Crippen molar-refractivity contribution in [3.05, 3.63) is 93.9 Å². The topological polar surface area (TPSA) is 233 Å². The summed E-state index contributed by atoms with van der Waals surface area (Å²) in [5.74, 6) is -0.504. The standard InChI is InChI=1S/C37H45ClN2O13S4/c1-36(2)28-23-26(56(47,48)49)10-12-30(28)39(18-5-7-21-54(41,42)43)33(36)15-9-25-17-20-53-32(35(25)38)14-16-34-37(3,4)29-24-27(57(50,51)52)11-13-31(29)40(34)19-6-8-22-55(44,45)46/h9-16,23-24H,5-8,17-22H2,1-4H3,(H3-,41,42,43,44,45,46,47,48,49,50,51,52)/p+1. The molecule has 2 aromatic rings. The molecule has 5 rings (SSSR count). The van der Waals surface area contributed by atoms with E-state index in [2.05, 4.69) is 0 Å². The van der Waals surface area contributed by atoms with Gasteiger partial charge in [-0.05, 0) is 86.7 Å². The normalized spacial score (nSPS) is 19.8. The second-order valence-corrected chi connectivity index (χ2v) is 21.5. The summed E-state index contributed by atoms with van der Waals surface area (Å²) in [7, 11) is -17.3. The number of hydrogen-bond acceptors (Lipinski definition) is 10. The summed E-state index contributed by atoms with van der Waals surface area (Å²) in [6, 6.07) is 8.56. The van der Waals surface area contributed by atoms with Crippen molar-refractivity contribution < 1.29 is 61.2 Å². The summed E-state index contributed by atoms with van der Waals surface area (Å²) in [5.41, 5.74) is 3.14. The second-order valence-electron chi connectivity index (χ2n) is 15.1. The number of anilines is 1. The third-order valence-corrected chi connectivity index (χ3v) is 14.1. The van der Waals surface area contributed by atoms with Gasteiger partial charge in [-0.3, -0.25) is 18.2 Å². The Bertz CT molecular complexity index is 2570. The van der Waals surface area contributed by atoms with E-state index in [1.54, 1.807) is 24.3 Å². The molecule has 3 aliphatic rings. The Kier molecular flexibility index (Phi) is 12.8. The highest BCUT2D eigenvalue weighted by molar-refractivity contribution is 7.86. The zero-order chi connectivity index (χ0) is 42.4. The highest BCUT2D eigenvalue weighted by atomic mass is 35.5. The molecule has 0 fully saturated rings. The minimum absolute atomic E-state index is 0.167. The van der Waals surface area contributed by atoms with Crippen molar-refractivity contribution in [2.45, 2.75) is 80.4 Å². The quantitative estimate of drug-likeness (QED) is 0.0923. The Morgan fingerprint density at radius 1 is 0.754 bits per heavy atom. The fraction of sp³-hybridized carbons (Fsp3) is 0.432. The summed E-state index contributed by atoms with van der Waals surface area (Å²) in [4.78, 5) is 1.37. The van der Waals surface area contributed by atoms with Gasteiger partial charge in [0.25, 0.3) is 40.5 Å². The van der Waals surface area contributed by atoms with Crippen LogP contribution in [-0.4, -0.2) is 93.4 Å². The minimum atomic E-state index is -4.51. The molecule has 57 heavy (non-hydrogen) atoms. The lowest BCUT2D eigenvalue weighted by atomic mass is 9.81. The monoisotopic (exact) mass is 889 g/mol. The van der Waals surface area contributed by atoms with Gasteiger partial charge in [0.15, 0.2) is 5.71 Å². The maximum Gasteiger partial charge on any atom is 0.294 e. The maximum absolute atomic E-state index is 12.0. The van der Waals surface area contributed by atoms with Crippen LogP contribution >= 0.6 is 11.6 Å². The number of ether oxygens (including phenoxy) is 1. The van der Waals surface area contributed by atoms with Gasteiger partial charge in [0.1, 0.15) is 12.3 Å². The number of unbranched alkanes of at least 4 members (excludes halogenated alkanes) is 2. The summed E-state index contributed by atoms with van der Waals surface area (Å²) in [6.45, 7) is 8.46. The molecule has 2 aromatic carbocycles. The second kappa shape index (κ2) is 16.3. The van der Waals surface area contributed by atoms with Crippen LogP contribution < -0.4 is 4.90 Å². The Labute approximate surface area is 339 Å². The van der Waals surface area contributed by atoms with Gasteiger partial charge in [-0.1, -0.05) is 31.5 Å². The molecule has 0 atom stereocenters. The van der Waals surface area contributed by atoms with E-state index in [9.17, 15) is 51.9 Å². The third-order valence-electron chi connectivity index (χ3n) is 10.4. The van der Waals surface area contributed by atoms with E-state index >= 15 is 0 Å². The van der Waals surface area contributed by atoms with Crippen molar-refractivity contribution in [2.24, 2.45) is 0 Å². The highest BCUT2D eigenvalue weighted by Gasteiger charge is 2.45. The molecule has 312 valence electrons. The average Bonchev–Trinajstić information content (AvgIpc) is 3.43. The zero-order valence-corrected chi connectivity index (χ0v) is 35.7. The summed E-state index contributed by atoms with van der Waals surface area (Å²) in [6.07, 6.45) is 8.67. The molecular formula is C37H46ClN2O13S4+. The van der Waals surface area contributed by atoms with Crippen molar-refractivity contribution in [3.63, 3.8) is 0 Å². The van der Waals surface area contributed by atoms with Crippen LogP contribution in [0.5, 0.6) is 0 Å². The number of benzene rings is 2. The largest absolute Gasteiger partial charge is 0.492 e. The van der Waals surface area contributed by atoms with E-state index in [-0.39, 0.29) is 29.2 Å². The molecule has 3 aliphatic heterocycles. The molecule has 0 spiro atoms. The van der Waals surface area contributed by atoms with Gasteiger partial charge in [0.2, 0.25) is 5.69 Å². The van der Waals surface area contributed by atoms with Crippen LogP contribution in [0.4, 0.5) is 11.4 Å². The van der Waals surface area contributed by atoms with E-state index in [4.69, 9.17) is 16.3 Å². The van der Waals surface area contributed by atoms with Crippen molar-refractivity contribution in [3.8, 4) is 0 Å². The van der Waals surface area contributed by atoms with Gasteiger partial charge in [0.05, 0.1) is 38.4 Å². The first-order valence-electron chi connectivity index (χ1n) is 17.9. The summed E-state index contributed by atoms with van der Waals surface area (Å²) < 4.78 is 140. The summed E-state index contributed by atoms with van der Waals surface area (Å²) in [5, 5.41) is 0.304. The van der Waals surface area contributed by atoms with Crippen LogP contribution in [0.2, 0.25) is 0 Å². The van der Waals surface area contributed by atoms with Crippen LogP contribution in [0.25, 0.3) is 0 Å². The van der Waals surface area contributed by atoms with Crippen LogP contribution in [0.3, 0.4) is 0 Å². The van der Waals surface area contributed by atoms with E-state index in [0.717, 1.165) is 5.71 Å². The minimum Gasteiger partial charge on any atom is -0.492 e. The van der Waals surface area contributed by atoms with Gasteiger partial charge >= 0.3 is 0 Å². The van der Waals surface area contributed by atoms with Gasteiger partial charge < -0.3 is 9.64 Å². The molecule has 0 amide bonds. The molecule has 0 saturated carbocycles. The Morgan fingerprint density at radius 3 is 1.93 bits per heavy atom. The lowest BCUT2D eigenvalue weighted by molar-refractivity contribution is -0.438. The molecule has 0 saturated heterocycles. The van der Waals surface area contributed by atoms with Gasteiger partial charge in [-0.25, -0.2) is 0 Å². The van der Waals surface area contributed by atoms with Gasteiger partial charge in [-0.2, -0.15) is 38.2 Å². The molecule has 4 N–H and O–H groups in total. The Hall–Kier alpha value is -3.40. The lowest BCUT2D eigenvalue weighted by Gasteiger charge is -2.27. The number of nitrogens with zero attached hydrogens (tertiary/aromatic N) is 2. The highest BCUT2D eigenvalue weighted by Crippen LogP contribution is 2.49. The first kappa shape index (κ1) is 44.7. The lowest BCUT2D eigenvalue weighted by Crippen LogP contribution is -2.28. The van der Waals surface area contributed by atoms with Crippen molar-refractivity contribution in [2.75, 3.05) is 36.1 Å². The molecular weight excluding hydrogens is 844 g/mol. The van der Waals surface area contributed by atoms with E-state index < -0.39 is 62.8 Å². The van der Waals surface area contributed by atoms with Gasteiger partial charge in [-0.15, -0.1) is 0 Å². The smallest absolute Gasteiger partial charge is 0.294 e. The Morgan fingerprint density at radius 2 is 1.33 bits per heavy atom. The van der Waals surface area contributed by atoms with Crippen molar-refractivity contribution in [1.82, 2.24) is 0 Å². The first-order valence-corrected chi connectivity index (χ1v) is 24.4. The van der Waals surface area contributed by atoms with Crippen molar-refractivity contribution in [1.29, 1.82) is 0 Å². The van der Waals surface area contributed by atoms with Crippen LogP contribution in [-0.2, 0) is 56.0 Å². The fourth-order valence-electron chi connectivity index (χ4n) is 7.43. The molecule has 20 heteroatoms. The molecule has 3 heterocycles. The number of fused-ring (bicyclic) bond motifs is 2. The number of halogens is 1. The number of hydrogen-bond donors (Lipinski definition) is 4. The number of allylic oxidation sites excluding steroid dienone is 6. The molecule has 0 radical (unpaired) electrons. The molecule has 0 unspecified atom stereocenters. The average molecular weight is 890 g/mol. The third kappa shape index (κ3) is 10.3. The predicted molar refractivity (Wildman–Crippen MR) is 216 cm³/mol. The van der Waals surface area contributed by atoms with Crippen LogP contribution in [0.1, 0.15) is 70.9 Å². The SMILES string of the molecule is CC1(C)C(/C=C/C2=C(Cl)C(=C/C=C3\N(CCCCS(=O)(=O)O)c4ccc(S(=O)(=O)O)cc4C3(C)C)/OCC2)=[N+](CCCCS(=O)(=O)O)c2ccc(S(=O)(=O)O)cc21. The molecule has 0 bridgehead atoms. The molecule has 0 aliphatic carbocycles. The van der Waals surface area contributed by atoms with Gasteiger partial charge in [0, 0.05) is 53.9 Å². The number of rotatable bonds is 15. The van der Waals surface area contributed by atoms with E-state index in [1.165, 1.54) is 24.3 Å². The zero-order valence-electron chi connectivity index (χ0n) is 31.7. The fourth-order valence-corrected chi connectivity index (χ4v) is 9.86. The van der Waals surface area contributed by atoms with Crippen molar-refractivity contribution >= 4 is 69.2 Å². The van der Waals surface area contributed by atoms with Crippen LogP contribution in [0, 0.1) is 0 Å². The predicted octanol–water partition coefficient (Wildman–Crippen LogP) is 5.93. The van der Waals surface area contributed by atoms with E-state index in [0.29, 0.717) is 76.9 Å². The van der Waals surface area contributed by atoms with E-state index in [1.807, 2.05) is 49.3 Å². The Balaban J connectivity index is 1.52. The first-order chi connectivity index (χ1) is 26.2.